The molecule has 1 fully saturated rings. The van der Waals surface area contributed by atoms with Gasteiger partial charge in [-0.2, -0.15) is 0 Å². The van der Waals surface area contributed by atoms with Crippen LogP contribution in [-0.4, -0.2) is 29.0 Å². The van der Waals surface area contributed by atoms with Gasteiger partial charge in [-0.05, 0) is 31.9 Å². The third-order valence-electron chi connectivity index (χ3n) is 2.80. The van der Waals surface area contributed by atoms with Crippen molar-refractivity contribution in [3.63, 3.8) is 0 Å². The third kappa shape index (κ3) is 6.22. The van der Waals surface area contributed by atoms with E-state index in [2.05, 4.69) is 10.3 Å². The summed E-state index contributed by atoms with van der Waals surface area (Å²) < 4.78 is 5.45. The zero-order chi connectivity index (χ0) is 17.1. The number of aromatic nitrogens is 1. The van der Waals surface area contributed by atoms with Gasteiger partial charge in [-0.15, -0.1) is 0 Å². The highest BCUT2D eigenvalue weighted by Crippen LogP contribution is 2.20. The minimum Gasteiger partial charge on any atom is -0.365 e. The Hall–Kier alpha value is -1.95. The van der Waals surface area contributed by atoms with Gasteiger partial charge in [0.15, 0.2) is 0 Å². The van der Waals surface area contributed by atoms with Crippen LogP contribution in [0, 0.1) is 0 Å². The maximum atomic E-state index is 11.9. The first-order valence-electron chi connectivity index (χ1n) is 7.78. The molecule has 0 radical (unpaired) electrons. The largest absolute Gasteiger partial charge is 0.365 e. The number of nitrogens with one attached hydrogen (secondary N) is 1. The second-order valence-corrected chi connectivity index (χ2v) is 4.30. The monoisotopic (exact) mass is 309 g/mol. The summed E-state index contributed by atoms with van der Waals surface area (Å²) in [5.74, 6) is -0.835. The molecule has 0 aliphatic carbocycles. The summed E-state index contributed by atoms with van der Waals surface area (Å²) in [7, 11) is 0. The van der Waals surface area contributed by atoms with Crippen LogP contribution in [0.15, 0.2) is 18.3 Å². The van der Waals surface area contributed by atoms with Gasteiger partial charge in [-0.25, -0.2) is 0 Å². The number of hydrogen-bond acceptors (Lipinski definition) is 4. The van der Waals surface area contributed by atoms with E-state index in [1.807, 2.05) is 34.6 Å². The van der Waals surface area contributed by atoms with E-state index < -0.39 is 12.0 Å². The summed E-state index contributed by atoms with van der Waals surface area (Å²) in [6, 6.07) is 3.04. The molecule has 3 N–H and O–H groups in total. The molecular formula is C16H27N3O3. The molecule has 6 heteroatoms. The molecule has 0 bridgehead atoms. The number of ether oxygens (including phenoxy) is 1. The number of amides is 2. The van der Waals surface area contributed by atoms with Gasteiger partial charge in [-0.1, -0.05) is 27.7 Å². The Labute approximate surface area is 132 Å². The zero-order valence-corrected chi connectivity index (χ0v) is 14.1. The number of carbonyl (C=O) groups excluding carboxylic acids is 2. The van der Waals surface area contributed by atoms with E-state index in [1.54, 1.807) is 6.07 Å². The van der Waals surface area contributed by atoms with Gasteiger partial charge in [0.05, 0.1) is 6.10 Å². The van der Waals surface area contributed by atoms with E-state index in [0.29, 0.717) is 12.1 Å². The average molecular weight is 309 g/mol. The summed E-state index contributed by atoms with van der Waals surface area (Å²) in [6.07, 6.45) is 2.69. The first kappa shape index (κ1) is 20.1. The van der Waals surface area contributed by atoms with Gasteiger partial charge in [0.2, 0.25) is 0 Å². The number of carbonyl (C=O) groups is 2. The van der Waals surface area contributed by atoms with Crippen LogP contribution in [0.2, 0.25) is 0 Å². The maximum Gasteiger partial charge on any atom is 0.267 e. The quantitative estimate of drug-likeness (QED) is 0.897. The highest BCUT2D eigenvalue weighted by atomic mass is 16.5. The van der Waals surface area contributed by atoms with Crippen LogP contribution in [0.25, 0.3) is 0 Å². The first-order chi connectivity index (χ1) is 10.6. The Bertz CT molecular complexity index is 477. The molecule has 1 aromatic rings. The molecule has 1 aromatic heterocycles. The van der Waals surface area contributed by atoms with Crippen molar-refractivity contribution in [3.05, 3.63) is 24.0 Å². The fourth-order valence-corrected chi connectivity index (χ4v) is 1.86. The van der Waals surface area contributed by atoms with E-state index in [-0.39, 0.29) is 17.7 Å². The average Bonchev–Trinajstić information content (AvgIpc) is 2.98. The number of anilines is 1. The standard InChI is InChI=1S/C12H15N3O3.2C2H6/c1-7-2-3-10(18-7)12(17)15-8-4-5-14-9(6-8)11(13)16;2*1-2/h4-7,10H,2-3H2,1H3,(H2,13,16)(H,14,15,17);2*1-2H3/t7-,10?;;/m1../s1. The number of primary amides is 1. The fraction of sp³-hybridized carbons (Fsp3) is 0.562. The lowest BCUT2D eigenvalue weighted by Gasteiger charge is -2.11. The lowest BCUT2D eigenvalue weighted by molar-refractivity contribution is -0.126. The van der Waals surface area contributed by atoms with Crippen molar-refractivity contribution in [3.8, 4) is 0 Å². The topological polar surface area (TPSA) is 94.3 Å². The van der Waals surface area contributed by atoms with Crippen LogP contribution in [-0.2, 0) is 9.53 Å². The van der Waals surface area contributed by atoms with Crippen LogP contribution in [0.1, 0.15) is 57.9 Å². The molecule has 1 saturated heterocycles. The summed E-state index contributed by atoms with van der Waals surface area (Å²) >= 11 is 0. The Morgan fingerprint density at radius 2 is 1.91 bits per heavy atom. The molecule has 0 aromatic carbocycles. The molecule has 6 nitrogen and oxygen atoms in total. The number of pyridine rings is 1. The predicted molar refractivity (Wildman–Crippen MR) is 87.6 cm³/mol. The van der Waals surface area contributed by atoms with Crippen LogP contribution in [0.3, 0.4) is 0 Å². The van der Waals surface area contributed by atoms with Crippen molar-refractivity contribution in [1.82, 2.24) is 4.98 Å². The van der Waals surface area contributed by atoms with Gasteiger partial charge >= 0.3 is 0 Å². The third-order valence-corrected chi connectivity index (χ3v) is 2.80. The molecule has 0 saturated carbocycles. The van der Waals surface area contributed by atoms with Crippen molar-refractivity contribution in [2.75, 3.05) is 5.32 Å². The van der Waals surface area contributed by atoms with Gasteiger partial charge in [0, 0.05) is 11.9 Å². The Morgan fingerprint density at radius 3 is 2.41 bits per heavy atom. The SMILES string of the molecule is CC.CC.C[C@@H]1CCC(C(=O)Nc2ccnc(C(N)=O)c2)O1. The summed E-state index contributed by atoms with van der Waals surface area (Å²) in [5, 5.41) is 2.69. The fourth-order valence-electron chi connectivity index (χ4n) is 1.86. The molecule has 2 amide bonds. The van der Waals surface area contributed by atoms with Crippen molar-refractivity contribution in [2.24, 2.45) is 5.73 Å². The second-order valence-electron chi connectivity index (χ2n) is 4.30. The van der Waals surface area contributed by atoms with Gasteiger partial charge < -0.3 is 15.8 Å². The molecule has 22 heavy (non-hydrogen) atoms. The zero-order valence-electron chi connectivity index (χ0n) is 14.1. The van der Waals surface area contributed by atoms with Crippen molar-refractivity contribution < 1.29 is 14.3 Å². The first-order valence-corrected chi connectivity index (χ1v) is 7.78. The van der Waals surface area contributed by atoms with E-state index in [0.717, 1.165) is 6.42 Å². The number of nitrogens with zero attached hydrogens (tertiary/aromatic N) is 1. The van der Waals surface area contributed by atoms with Crippen LogP contribution in [0.5, 0.6) is 0 Å². The summed E-state index contributed by atoms with van der Waals surface area (Å²) in [6.45, 7) is 9.94. The molecule has 1 aliphatic rings. The van der Waals surface area contributed by atoms with Crippen molar-refractivity contribution >= 4 is 17.5 Å². The molecule has 2 heterocycles. The van der Waals surface area contributed by atoms with Crippen LogP contribution in [0.4, 0.5) is 5.69 Å². The Kier molecular flexibility index (Phi) is 9.78. The molecule has 2 atom stereocenters. The van der Waals surface area contributed by atoms with Crippen LogP contribution >= 0.6 is 0 Å². The lowest BCUT2D eigenvalue weighted by atomic mass is 10.2. The molecule has 2 rings (SSSR count). The number of nitrogens with two attached hydrogens (primary N) is 1. The van der Waals surface area contributed by atoms with Crippen LogP contribution < -0.4 is 11.1 Å². The normalized spacial score (nSPS) is 19.1. The highest BCUT2D eigenvalue weighted by molar-refractivity contribution is 5.96. The second kappa shape index (κ2) is 10.7. The molecule has 0 spiro atoms. The molecular weight excluding hydrogens is 282 g/mol. The number of hydrogen-bond donors (Lipinski definition) is 2. The Balaban J connectivity index is 0.00000102. The smallest absolute Gasteiger partial charge is 0.267 e. The summed E-state index contributed by atoms with van der Waals surface area (Å²) in [5.41, 5.74) is 5.73. The maximum absolute atomic E-state index is 11.9. The Morgan fingerprint density at radius 1 is 1.27 bits per heavy atom. The van der Waals surface area contributed by atoms with Gasteiger partial charge in [-0.3, -0.25) is 14.6 Å². The lowest BCUT2D eigenvalue weighted by Crippen LogP contribution is -2.28. The van der Waals surface area contributed by atoms with Gasteiger partial charge in [0.25, 0.3) is 11.8 Å². The minimum absolute atomic E-state index is 0.111. The van der Waals surface area contributed by atoms with Gasteiger partial charge in [0.1, 0.15) is 11.8 Å². The molecule has 1 unspecified atom stereocenters. The molecule has 124 valence electrons. The van der Waals surface area contributed by atoms with E-state index >= 15 is 0 Å². The van der Waals surface area contributed by atoms with Crippen molar-refractivity contribution in [1.29, 1.82) is 0 Å². The van der Waals surface area contributed by atoms with E-state index in [1.165, 1.54) is 12.3 Å². The van der Waals surface area contributed by atoms with Crippen molar-refractivity contribution in [2.45, 2.75) is 59.7 Å². The van der Waals surface area contributed by atoms with E-state index in [4.69, 9.17) is 10.5 Å². The summed E-state index contributed by atoms with van der Waals surface area (Å²) in [4.78, 5) is 26.6. The van der Waals surface area contributed by atoms with E-state index in [9.17, 15) is 9.59 Å². The predicted octanol–water partition coefficient (Wildman–Crippen LogP) is 2.74. The minimum atomic E-state index is -0.628. The molecule has 1 aliphatic heterocycles. The number of rotatable bonds is 3. The highest BCUT2D eigenvalue weighted by Gasteiger charge is 2.28.